The van der Waals surface area contributed by atoms with Crippen molar-refractivity contribution < 1.29 is 29.0 Å². The first-order valence-corrected chi connectivity index (χ1v) is 11.3. The summed E-state index contributed by atoms with van der Waals surface area (Å²) in [7, 11) is 0. The first-order valence-electron chi connectivity index (χ1n) is 11.3. The molecule has 6 atom stereocenters. The minimum atomic E-state index is -1.57. The van der Waals surface area contributed by atoms with Gasteiger partial charge in [-0.2, -0.15) is 0 Å². The highest BCUT2D eigenvalue weighted by molar-refractivity contribution is 6.01. The minimum absolute atomic E-state index is 0.0447. The normalized spacial score (nSPS) is 40.8. The fraction of sp³-hybridized carbons (Fsp3) is 0.640. The van der Waals surface area contributed by atoms with Crippen LogP contribution in [-0.4, -0.2) is 41.6 Å². The van der Waals surface area contributed by atoms with Gasteiger partial charge < -0.3 is 14.6 Å². The molecule has 0 amide bonds. The third-order valence-corrected chi connectivity index (χ3v) is 8.54. The highest BCUT2D eigenvalue weighted by Crippen LogP contribution is 2.66. The number of carbonyl (C=O) groups is 3. The van der Waals surface area contributed by atoms with Crippen molar-refractivity contribution in [2.75, 3.05) is 13.2 Å². The molecule has 2 fully saturated rings. The maximum atomic E-state index is 13.2. The predicted octanol–water partition coefficient (Wildman–Crippen LogP) is 3.93. The predicted molar refractivity (Wildman–Crippen MR) is 114 cm³/mol. The van der Waals surface area contributed by atoms with Crippen LogP contribution in [0.1, 0.15) is 53.4 Å². The molecule has 31 heavy (non-hydrogen) atoms. The second-order valence-electron chi connectivity index (χ2n) is 9.94. The van der Waals surface area contributed by atoms with E-state index in [1.54, 1.807) is 19.1 Å². The van der Waals surface area contributed by atoms with E-state index < -0.39 is 29.6 Å². The highest BCUT2D eigenvalue weighted by Gasteiger charge is 2.67. The van der Waals surface area contributed by atoms with Crippen molar-refractivity contribution in [3.63, 3.8) is 0 Å². The molecule has 0 heterocycles. The maximum absolute atomic E-state index is 13.2. The van der Waals surface area contributed by atoms with Crippen LogP contribution in [0, 0.1) is 28.6 Å². The van der Waals surface area contributed by atoms with Crippen LogP contribution in [0.4, 0.5) is 4.79 Å². The summed E-state index contributed by atoms with van der Waals surface area (Å²) in [6, 6.07) is 0. The zero-order valence-corrected chi connectivity index (χ0v) is 18.8. The van der Waals surface area contributed by atoms with Crippen molar-refractivity contribution in [2.24, 2.45) is 28.6 Å². The largest absolute Gasteiger partial charge is 0.508 e. The molecule has 0 unspecified atom stereocenters. The Kier molecular flexibility index (Phi) is 5.28. The SMILES string of the molecule is CCOC(=O)OCC(=O)[C@@]1(O)[C@@H](C)C[C@H]2[C@@H]3CCC4=CC(=O)C=C[C@]4(C)C3=CC[C@@]21C. The van der Waals surface area contributed by atoms with Gasteiger partial charge in [0.2, 0.25) is 5.78 Å². The fourth-order valence-corrected chi connectivity index (χ4v) is 6.85. The molecule has 1 N–H and O–H groups in total. The van der Waals surface area contributed by atoms with Crippen LogP contribution in [0.2, 0.25) is 0 Å². The summed E-state index contributed by atoms with van der Waals surface area (Å²) < 4.78 is 9.71. The molecule has 0 radical (unpaired) electrons. The van der Waals surface area contributed by atoms with Gasteiger partial charge >= 0.3 is 6.16 Å². The van der Waals surface area contributed by atoms with Crippen molar-refractivity contribution in [3.8, 4) is 0 Å². The molecule has 6 heteroatoms. The summed E-state index contributed by atoms with van der Waals surface area (Å²) in [5.74, 6) is -0.275. The highest BCUT2D eigenvalue weighted by atomic mass is 16.7. The van der Waals surface area contributed by atoms with Crippen molar-refractivity contribution in [2.45, 2.75) is 59.0 Å². The molecular weight excluding hydrogens is 396 g/mol. The maximum Gasteiger partial charge on any atom is 0.508 e. The number of carbonyl (C=O) groups excluding carboxylic acids is 3. The number of hydrogen-bond acceptors (Lipinski definition) is 6. The summed E-state index contributed by atoms with van der Waals surface area (Å²) in [6.07, 6.45) is 9.80. The van der Waals surface area contributed by atoms with Crippen LogP contribution < -0.4 is 0 Å². The van der Waals surface area contributed by atoms with Crippen molar-refractivity contribution in [1.82, 2.24) is 0 Å². The Labute approximate surface area is 183 Å². The van der Waals surface area contributed by atoms with Gasteiger partial charge in [0.15, 0.2) is 12.4 Å². The lowest BCUT2D eigenvalue weighted by molar-refractivity contribution is -0.162. The summed E-state index contributed by atoms with van der Waals surface area (Å²) in [5, 5.41) is 11.8. The number of rotatable bonds is 4. The van der Waals surface area contributed by atoms with E-state index in [4.69, 9.17) is 9.47 Å². The summed E-state index contributed by atoms with van der Waals surface area (Å²) in [6.45, 7) is 7.43. The van der Waals surface area contributed by atoms with Crippen LogP contribution in [0.3, 0.4) is 0 Å². The number of allylic oxidation sites excluding steroid dienone is 6. The van der Waals surface area contributed by atoms with E-state index in [0.29, 0.717) is 6.42 Å². The number of hydrogen-bond donors (Lipinski definition) is 1. The molecule has 2 saturated carbocycles. The summed E-state index contributed by atoms with van der Waals surface area (Å²) in [4.78, 5) is 36.6. The van der Waals surface area contributed by atoms with E-state index in [-0.39, 0.29) is 35.6 Å². The molecule has 0 aliphatic heterocycles. The Morgan fingerprint density at radius 1 is 1.26 bits per heavy atom. The number of ketones is 2. The third-order valence-electron chi connectivity index (χ3n) is 8.54. The number of aliphatic hydroxyl groups is 1. The Bertz CT molecular complexity index is 913. The van der Waals surface area contributed by atoms with Gasteiger partial charge in [0.05, 0.1) is 6.61 Å². The molecular formula is C25H32O6. The Morgan fingerprint density at radius 3 is 2.71 bits per heavy atom. The van der Waals surface area contributed by atoms with Gasteiger partial charge in [-0.1, -0.05) is 37.1 Å². The molecule has 4 aliphatic rings. The smallest absolute Gasteiger partial charge is 0.435 e. The first-order chi connectivity index (χ1) is 14.6. The Morgan fingerprint density at radius 2 is 2.00 bits per heavy atom. The average Bonchev–Trinajstić information content (AvgIpc) is 2.94. The third kappa shape index (κ3) is 3.05. The number of fused-ring (bicyclic) bond motifs is 5. The van der Waals surface area contributed by atoms with E-state index in [0.717, 1.165) is 24.8 Å². The lowest BCUT2D eigenvalue weighted by atomic mass is 9.51. The van der Waals surface area contributed by atoms with Gasteiger partial charge in [-0.05, 0) is 69.4 Å². The zero-order valence-electron chi connectivity index (χ0n) is 18.8. The average molecular weight is 429 g/mol. The quantitative estimate of drug-likeness (QED) is 0.539. The van der Waals surface area contributed by atoms with Crippen LogP contribution >= 0.6 is 0 Å². The number of ether oxygens (including phenoxy) is 2. The first kappa shape index (κ1) is 22.0. The van der Waals surface area contributed by atoms with Crippen LogP contribution in [-0.2, 0) is 19.1 Å². The summed E-state index contributed by atoms with van der Waals surface area (Å²) in [5.41, 5.74) is -0.00319. The van der Waals surface area contributed by atoms with Crippen LogP contribution in [0.15, 0.2) is 35.5 Å². The lowest BCUT2D eigenvalue weighted by Gasteiger charge is -2.53. The van der Waals surface area contributed by atoms with E-state index >= 15 is 0 Å². The van der Waals surface area contributed by atoms with Gasteiger partial charge in [-0.3, -0.25) is 9.59 Å². The topological polar surface area (TPSA) is 89.9 Å². The lowest BCUT2D eigenvalue weighted by Crippen LogP contribution is -2.57. The molecule has 4 rings (SSSR count). The van der Waals surface area contributed by atoms with Crippen LogP contribution in [0.5, 0.6) is 0 Å². The molecule has 0 bridgehead atoms. The molecule has 4 aliphatic carbocycles. The minimum Gasteiger partial charge on any atom is -0.435 e. The van der Waals surface area contributed by atoms with E-state index in [1.165, 1.54) is 5.57 Å². The second kappa shape index (κ2) is 7.44. The van der Waals surface area contributed by atoms with Crippen molar-refractivity contribution in [1.29, 1.82) is 0 Å². The fourth-order valence-electron chi connectivity index (χ4n) is 6.85. The van der Waals surface area contributed by atoms with E-state index in [9.17, 15) is 19.5 Å². The van der Waals surface area contributed by atoms with E-state index in [1.807, 2.05) is 19.9 Å². The standard InChI is InChI=1S/C25H32O6/c1-5-30-22(28)31-14-21(27)25(29)15(2)12-20-18-7-6-16-13-17(26)8-10-23(16,3)19(18)9-11-24(20,25)4/h8-10,13,15,18,20,29H,5-7,11-12,14H2,1-4H3/t15-,18+,20-,23-,24-,25-/m0/s1. The van der Waals surface area contributed by atoms with Crippen LogP contribution in [0.25, 0.3) is 0 Å². The van der Waals surface area contributed by atoms with Gasteiger partial charge in [0.25, 0.3) is 0 Å². The molecule has 0 aromatic rings. The number of Topliss-reactive ketones (excluding diaryl/α,β-unsaturated/α-hetero) is 1. The zero-order chi connectivity index (χ0) is 22.6. The molecule has 0 aromatic heterocycles. The monoisotopic (exact) mass is 428 g/mol. The van der Waals surface area contributed by atoms with Crippen molar-refractivity contribution in [3.05, 3.63) is 35.5 Å². The molecule has 0 spiro atoms. The van der Waals surface area contributed by atoms with Gasteiger partial charge in [0, 0.05) is 10.8 Å². The van der Waals surface area contributed by atoms with Gasteiger partial charge in [0.1, 0.15) is 5.60 Å². The Hall–Kier alpha value is -2.21. The molecule has 168 valence electrons. The van der Waals surface area contributed by atoms with Crippen molar-refractivity contribution >= 4 is 17.7 Å². The van der Waals surface area contributed by atoms with Gasteiger partial charge in [-0.25, -0.2) is 4.79 Å². The molecule has 0 saturated heterocycles. The van der Waals surface area contributed by atoms with Gasteiger partial charge in [-0.15, -0.1) is 0 Å². The summed E-state index contributed by atoms with van der Waals surface area (Å²) >= 11 is 0. The second-order valence-corrected chi connectivity index (χ2v) is 9.94. The molecule has 0 aromatic carbocycles. The Balaban J connectivity index is 1.64. The van der Waals surface area contributed by atoms with E-state index in [2.05, 4.69) is 13.0 Å². The molecule has 6 nitrogen and oxygen atoms in total.